The molecule has 0 saturated heterocycles. The monoisotopic (exact) mass is 348 g/mol. The summed E-state index contributed by atoms with van der Waals surface area (Å²) in [5.74, 6) is 1.73. The Morgan fingerprint density at radius 1 is 1.24 bits per heavy atom. The van der Waals surface area contributed by atoms with E-state index in [-0.39, 0.29) is 0 Å². The minimum absolute atomic E-state index is 0.799. The first-order valence-electron chi connectivity index (χ1n) is 7.16. The molecule has 1 aromatic heterocycles. The Bertz CT molecular complexity index is 601. The van der Waals surface area contributed by atoms with Gasteiger partial charge >= 0.3 is 0 Å². The molecule has 0 spiro atoms. The van der Waals surface area contributed by atoms with Crippen LogP contribution in [0.15, 0.2) is 35.1 Å². The summed E-state index contributed by atoms with van der Waals surface area (Å²) in [4.78, 5) is 10.8. The van der Waals surface area contributed by atoms with Crippen molar-refractivity contribution in [2.45, 2.75) is 26.7 Å². The molecule has 2 rings (SSSR count). The van der Waals surface area contributed by atoms with Crippen molar-refractivity contribution in [3.05, 3.63) is 40.6 Å². The maximum atomic E-state index is 4.33. The van der Waals surface area contributed by atoms with E-state index in [0.717, 1.165) is 34.8 Å². The van der Waals surface area contributed by atoms with Gasteiger partial charge in [-0.15, -0.1) is 0 Å². The second-order valence-electron chi connectivity index (χ2n) is 5.14. The standard InChI is InChI=1S/C16H21BrN4/c1-4-5-8-21(3)16-10-15(18-11-19-16)20-14-7-6-12(2)9-13(14)17/h6-7,9-11H,4-5,8H2,1-3H3,(H,18,19,20). The molecule has 0 unspecified atom stereocenters. The van der Waals surface area contributed by atoms with Crippen LogP contribution in [-0.4, -0.2) is 23.6 Å². The Morgan fingerprint density at radius 3 is 2.76 bits per heavy atom. The van der Waals surface area contributed by atoms with Crippen molar-refractivity contribution in [1.29, 1.82) is 0 Å². The Hall–Kier alpha value is -1.62. The van der Waals surface area contributed by atoms with Crippen LogP contribution in [0.5, 0.6) is 0 Å². The van der Waals surface area contributed by atoms with E-state index in [2.05, 4.69) is 69.1 Å². The van der Waals surface area contributed by atoms with Gasteiger partial charge in [0.25, 0.3) is 0 Å². The molecule has 21 heavy (non-hydrogen) atoms. The second kappa shape index (κ2) is 7.41. The summed E-state index contributed by atoms with van der Waals surface area (Å²) in [7, 11) is 2.06. The molecule has 0 fully saturated rings. The SMILES string of the molecule is CCCCN(C)c1cc(Nc2ccc(C)cc2Br)ncn1. The van der Waals surface area contributed by atoms with Gasteiger partial charge in [-0.3, -0.25) is 0 Å². The molecule has 5 heteroatoms. The van der Waals surface area contributed by atoms with E-state index >= 15 is 0 Å². The largest absolute Gasteiger partial charge is 0.360 e. The number of halogens is 1. The molecular weight excluding hydrogens is 328 g/mol. The van der Waals surface area contributed by atoms with E-state index in [0.29, 0.717) is 0 Å². The molecule has 0 atom stereocenters. The minimum Gasteiger partial charge on any atom is -0.360 e. The first-order chi connectivity index (χ1) is 10.1. The molecule has 0 bridgehead atoms. The van der Waals surface area contributed by atoms with E-state index in [1.165, 1.54) is 12.0 Å². The molecule has 0 amide bonds. The summed E-state index contributed by atoms with van der Waals surface area (Å²) in [6.07, 6.45) is 3.94. The summed E-state index contributed by atoms with van der Waals surface area (Å²) >= 11 is 3.57. The number of rotatable bonds is 6. The van der Waals surface area contributed by atoms with E-state index < -0.39 is 0 Å². The van der Waals surface area contributed by atoms with Gasteiger partial charge in [0.1, 0.15) is 18.0 Å². The molecule has 4 nitrogen and oxygen atoms in total. The molecule has 112 valence electrons. The Kier molecular flexibility index (Phi) is 5.56. The van der Waals surface area contributed by atoms with Crippen LogP contribution in [-0.2, 0) is 0 Å². The van der Waals surface area contributed by atoms with Crippen molar-refractivity contribution in [2.24, 2.45) is 0 Å². The lowest BCUT2D eigenvalue weighted by molar-refractivity contribution is 0.758. The highest BCUT2D eigenvalue weighted by molar-refractivity contribution is 9.10. The van der Waals surface area contributed by atoms with E-state index in [9.17, 15) is 0 Å². The first kappa shape index (κ1) is 15.8. The number of anilines is 3. The quantitative estimate of drug-likeness (QED) is 0.832. The molecular formula is C16H21BrN4. The maximum Gasteiger partial charge on any atom is 0.135 e. The normalized spacial score (nSPS) is 10.5. The van der Waals surface area contributed by atoms with Crippen LogP contribution < -0.4 is 10.2 Å². The molecule has 1 aromatic carbocycles. The van der Waals surface area contributed by atoms with E-state index in [4.69, 9.17) is 0 Å². The zero-order valence-corrected chi connectivity index (χ0v) is 14.3. The first-order valence-corrected chi connectivity index (χ1v) is 7.96. The third kappa shape index (κ3) is 4.43. The molecule has 2 aromatic rings. The van der Waals surface area contributed by atoms with Gasteiger partial charge in [-0.1, -0.05) is 19.4 Å². The summed E-state index contributed by atoms with van der Waals surface area (Å²) in [5.41, 5.74) is 2.22. The molecule has 0 aliphatic carbocycles. The van der Waals surface area contributed by atoms with Crippen LogP contribution in [0.25, 0.3) is 0 Å². The molecule has 0 aliphatic heterocycles. The number of benzene rings is 1. The highest BCUT2D eigenvalue weighted by atomic mass is 79.9. The summed E-state index contributed by atoms with van der Waals surface area (Å²) in [6.45, 7) is 5.26. The molecule has 0 aliphatic rings. The summed E-state index contributed by atoms with van der Waals surface area (Å²) in [6, 6.07) is 8.17. The van der Waals surface area contributed by atoms with Gasteiger partial charge in [0.15, 0.2) is 0 Å². The third-order valence-corrected chi connectivity index (χ3v) is 3.93. The van der Waals surface area contributed by atoms with Crippen molar-refractivity contribution in [3.8, 4) is 0 Å². The van der Waals surface area contributed by atoms with Crippen molar-refractivity contribution < 1.29 is 0 Å². The fourth-order valence-electron chi connectivity index (χ4n) is 1.99. The van der Waals surface area contributed by atoms with Gasteiger partial charge in [-0.2, -0.15) is 0 Å². The van der Waals surface area contributed by atoms with Crippen LogP contribution in [0.3, 0.4) is 0 Å². The van der Waals surface area contributed by atoms with Gasteiger partial charge in [-0.05, 0) is 47.0 Å². The zero-order valence-electron chi connectivity index (χ0n) is 12.7. The topological polar surface area (TPSA) is 41.0 Å². The highest BCUT2D eigenvalue weighted by Crippen LogP contribution is 2.26. The maximum absolute atomic E-state index is 4.33. The smallest absolute Gasteiger partial charge is 0.135 e. The Labute approximate surface area is 134 Å². The molecule has 1 N–H and O–H groups in total. The average molecular weight is 349 g/mol. The Morgan fingerprint density at radius 2 is 2.05 bits per heavy atom. The van der Waals surface area contributed by atoms with Crippen molar-refractivity contribution in [1.82, 2.24) is 9.97 Å². The fraction of sp³-hybridized carbons (Fsp3) is 0.375. The molecule has 0 saturated carbocycles. The van der Waals surface area contributed by atoms with Gasteiger partial charge in [0.05, 0.1) is 5.69 Å². The van der Waals surface area contributed by atoms with Gasteiger partial charge in [0, 0.05) is 24.1 Å². The third-order valence-electron chi connectivity index (χ3n) is 3.28. The predicted octanol–water partition coefficient (Wildman–Crippen LogP) is 4.53. The van der Waals surface area contributed by atoms with Crippen LogP contribution in [0.1, 0.15) is 25.3 Å². The zero-order chi connectivity index (χ0) is 15.2. The summed E-state index contributed by atoms with van der Waals surface area (Å²) in [5, 5.41) is 3.33. The predicted molar refractivity (Wildman–Crippen MR) is 92.4 cm³/mol. The number of hydrogen-bond acceptors (Lipinski definition) is 4. The number of unbranched alkanes of at least 4 members (excludes halogenated alkanes) is 1. The average Bonchev–Trinajstić information content (AvgIpc) is 2.48. The highest BCUT2D eigenvalue weighted by Gasteiger charge is 2.06. The van der Waals surface area contributed by atoms with Crippen LogP contribution in [0.2, 0.25) is 0 Å². The van der Waals surface area contributed by atoms with Gasteiger partial charge in [-0.25, -0.2) is 9.97 Å². The van der Waals surface area contributed by atoms with Crippen molar-refractivity contribution in [2.75, 3.05) is 23.8 Å². The van der Waals surface area contributed by atoms with E-state index in [1.54, 1.807) is 6.33 Å². The van der Waals surface area contributed by atoms with Crippen molar-refractivity contribution >= 4 is 33.3 Å². The lowest BCUT2D eigenvalue weighted by atomic mass is 10.2. The van der Waals surface area contributed by atoms with E-state index in [1.807, 2.05) is 12.1 Å². The molecule has 0 radical (unpaired) electrons. The van der Waals surface area contributed by atoms with Gasteiger partial charge < -0.3 is 10.2 Å². The van der Waals surface area contributed by atoms with Crippen molar-refractivity contribution in [3.63, 3.8) is 0 Å². The molecule has 1 heterocycles. The van der Waals surface area contributed by atoms with Crippen LogP contribution in [0, 0.1) is 6.92 Å². The Balaban J connectivity index is 2.13. The second-order valence-corrected chi connectivity index (χ2v) is 6.00. The fourth-order valence-corrected chi connectivity index (χ4v) is 2.59. The number of hydrogen-bond donors (Lipinski definition) is 1. The van der Waals surface area contributed by atoms with Crippen LogP contribution in [0.4, 0.5) is 17.3 Å². The number of nitrogens with one attached hydrogen (secondary N) is 1. The lowest BCUT2D eigenvalue weighted by Crippen LogP contribution is -2.19. The number of nitrogens with zero attached hydrogens (tertiary/aromatic N) is 3. The van der Waals surface area contributed by atoms with Crippen LogP contribution >= 0.6 is 15.9 Å². The van der Waals surface area contributed by atoms with Gasteiger partial charge in [0.2, 0.25) is 0 Å². The number of aromatic nitrogens is 2. The minimum atomic E-state index is 0.799. The number of aryl methyl sites for hydroxylation is 1. The lowest BCUT2D eigenvalue weighted by Gasteiger charge is -2.18. The summed E-state index contributed by atoms with van der Waals surface area (Å²) < 4.78 is 1.03.